The SMILES string of the molecule is CC(C)(C)[C@H](N)C(=O)N1C[C@@H](NC(=O)CNC(=O)OCc2ccccc2)C[C@H]1C(=O)N[C@@H]1CCCc2ccccc21. The quantitative estimate of drug-likeness (QED) is 0.389. The standard InChI is InChI=1S/C31H41N5O5/c1-31(2,3)27(32)29(39)36-18-22(34-26(37)17-33-30(40)41-19-20-10-5-4-6-11-20)16-25(36)28(38)35-24-15-9-13-21-12-7-8-14-23(21)24/h4-8,10-12,14,22,24-25,27H,9,13,15-19,32H2,1-3H3,(H,33,40)(H,34,37)(H,35,38)/t22-,24+,25-,27+/m0/s1. The van der Waals surface area contributed by atoms with E-state index in [1.54, 1.807) is 0 Å². The summed E-state index contributed by atoms with van der Waals surface area (Å²) in [5, 5.41) is 8.46. The molecule has 0 radical (unpaired) electrons. The molecule has 5 N–H and O–H groups in total. The highest BCUT2D eigenvalue weighted by Gasteiger charge is 2.44. The molecule has 220 valence electrons. The average Bonchev–Trinajstić information content (AvgIpc) is 3.38. The minimum Gasteiger partial charge on any atom is -0.445 e. The van der Waals surface area contributed by atoms with Crippen LogP contribution in [-0.2, 0) is 32.1 Å². The van der Waals surface area contributed by atoms with Gasteiger partial charge in [0.15, 0.2) is 0 Å². The number of hydrogen-bond donors (Lipinski definition) is 4. The Balaban J connectivity index is 1.37. The Morgan fingerprint density at radius 2 is 1.73 bits per heavy atom. The number of carbonyl (C=O) groups excluding carboxylic acids is 4. The fraction of sp³-hybridized carbons (Fsp3) is 0.484. The second kappa shape index (κ2) is 13.2. The summed E-state index contributed by atoms with van der Waals surface area (Å²) in [6, 6.07) is 15.1. The smallest absolute Gasteiger partial charge is 0.407 e. The summed E-state index contributed by atoms with van der Waals surface area (Å²) in [4.78, 5) is 53.3. The van der Waals surface area contributed by atoms with Crippen molar-refractivity contribution in [3.8, 4) is 0 Å². The molecule has 0 unspecified atom stereocenters. The van der Waals surface area contributed by atoms with Gasteiger partial charge in [0.2, 0.25) is 17.7 Å². The molecule has 10 nitrogen and oxygen atoms in total. The Morgan fingerprint density at radius 3 is 2.46 bits per heavy atom. The second-order valence-electron chi connectivity index (χ2n) is 11.9. The second-order valence-corrected chi connectivity index (χ2v) is 11.9. The van der Waals surface area contributed by atoms with E-state index in [0.29, 0.717) is 0 Å². The van der Waals surface area contributed by atoms with E-state index >= 15 is 0 Å². The van der Waals surface area contributed by atoms with Crippen LogP contribution in [0.5, 0.6) is 0 Å². The maximum Gasteiger partial charge on any atom is 0.407 e. The number of hydrogen-bond acceptors (Lipinski definition) is 6. The molecule has 10 heteroatoms. The minimum atomic E-state index is -0.816. The van der Waals surface area contributed by atoms with Crippen LogP contribution in [0, 0.1) is 5.41 Å². The first-order valence-electron chi connectivity index (χ1n) is 14.2. The molecule has 41 heavy (non-hydrogen) atoms. The molecule has 4 rings (SSSR count). The summed E-state index contributed by atoms with van der Waals surface area (Å²) < 4.78 is 5.15. The van der Waals surface area contributed by atoms with Crippen molar-refractivity contribution in [1.29, 1.82) is 0 Å². The van der Waals surface area contributed by atoms with E-state index in [0.717, 1.165) is 30.4 Å². The molecule has 1 heterocycles. The first kappa shape index (κ1) is 30.0. The highest BCUT2D eigenvalue weighted by atomic mass is 16.5. The van der Waals surface area contributed by atoms with E-state index in [1.807, 2.05) is 69.3 Å². The number of carbonyl (C=O) groups is 4. The fourth-order valence-corrected chi connectivity index (χ4v) is 5.36. The normalized spacial score (nSPS) is 20.9. The van der Waals surface area contributed by atoms with Crippen molar-refractivity contribution >= 4 is 23.8 Å². The maximum atomic E-state index is 13.6. The summed E-state index contributed by atoms with van der Waals surface area (Å²) in [7, 11) is 0. The zero-order valence-electron chi connectivity index (χ0n) is 24.0. The van der Waals surface area contributed by atoms with Gasteiger partial charge in [0.1, 0.15) is 19.2 Å². The van der Waals surface area contributed by atoms with Gasteiger partial charge in [0.25, 0.3) is 0 Å². The predicted molar refractivity (Wildman–Crippen MR) is 154 cm³/mol. The van der Waals surface area contributed by atoms with Gasteiger partial charge in [-0.1, -0.05) is 75.4 Å². The zero-order valence-corrected chi connectivity index (χ0v) is 24.0. The van der Waals surface area contributed by atoms with Crippen molar-refractivity contribution in [2.75, 3.05) is 13.1 Å². The van der Waals surface area contributed by atoms with Crippen molar-refractivity contribution in [3.63, 3.8) is 0 Å². The van der Waals surface area contributed by atoms with Crippen LogP contribution in [-0.4, -0.2) is 59.9 Å². The van der Waals surface area contributed by atoms with Gasteiger partial charge in [0.05, 0.1) is 12.1 Å². The summed E-state index contributed by atoms with van der Waals surface area (Å²) >= 11 is 0. The molecule has 4 atom stereocenters. The largest absolute Gasteiger partial charge is 0.445 e. The van der Waals surface area contributed by atoms with Gasteiger partial charge in [-0.15, -0.1) is 0 Å². The number of nitrogens with two attached hydrogens (primary N) is 1. The zero-order chi connectivity index (χ0) is 29.6. The lowest BCUT2D eigenvalue weighted by atomic mass is 9.86. The van der Waals surface area contributed by atoms with Gasteiger partial charge >= 0.3 is 6.09 Å². The highest BCUT2D eigenvalue weighted by Crippen LogP contribution is 2.31. The number of alkyl carbamates (subject to hydrolysis) is 1. The number of amides is 4. The van der Waals surface area contributed by atoms with Crippen LogP contribution in [0.15, 0.2) is 54.6 Å². The molecule has 2 aliphatic rings. The predicted octanol–water partition coefficient (Wildman–Crippen LogP) is 2.57. The molecule has 1 saturated heterocycles. The van der Waals surface area contributed by atoms with Crippen molar-refractivity contribution in [2.45, 2.75) is 77.2 Å². The van der Waals surface area contributed by atoms with Gasteiger partial charge in [-0.2, -0.15) is 0 Å². The van der Waals surface area contributed by atoms with Crippen molar-refractivity contribution in [2.24, 2.45) is 11.1 Å². The molecule has 4 amide bonds. The van der Waals surface area contributed by atoms with Crippen LogP contribution >= 0.6 is 0 Å². The highest BCUT2D eigenvalue weighted by molar-refractivity contribution is 5.91. The number of likely N-dealkylation sites (tertiary alicyclic amines) is 1. The third kappa shape index (κ3) is 7.85. The lowest BCUT2D eigenvalue weighted by molar-refractivity contribution is -0.141. The molecule has 0 aromatic heterocycles. The summed E-state index contributed by atoms with van der Waals surface area (Å²) in [5.74, 6) is -1.04. The molecular weight excluding hydrogens is 522 g/mol. The average molecular weight is 564 g/mol. The van der Waals surface area contributed by atoms with Crippen LogP contribution in [0.4, 0.5) is 4.79 Å². The monoisotopic (exact) mass is 563 g/mol. The number of rotatable bonds is 8. The Morgan fingerprint density at radius 1 is 1.02 bits per heavy atom. The number of ether oxygens (including phenoxy) is 1. The molecular formula is C31H41N5O5. The Kier molecular flexibility index (Phi) is 9.65. The fourth-order valence-electron chi connectivity index (χ4n) is 5.36. The van der Waals surface area contributed by atoms with Crippen LogP contribution < -0.4 is 21.7 Å². The Labute approximate surface area is 241 Å². The molecule has 0 spiro atoms. The van der Waals surface area contributed by atoms with E-state index in [-0.39, 0.29) is 44.0 Å². The minimum absolute atomic E-state index is 0.0876. The number of fused-ring (bicyclic) bond motifs is 1. The maximum absolute atomic E-state index is 13.6. The van der Waals surface area contributed by atoms with Crippen molar-refractivity contribution in [1.82, 2.24) is 20.9 Å². The molecule has 1 aliphatic carbocycles. The summed E-state index contributed by atoms with van der Waals surface area (Å²) in [5.41, 5.74) is 8.95. The van der Waals surface area contributed by atoms with Crippen LogP contribution in [0.25, 0.3) is 0 Å². The first-order valence-corrected chi connectivity index (χ1v) is 14.2. The van der Waals surface area contributed by atoms with E-state index in [4.69, 9.17) is 10.5 Å². The third-order valence-electron chi connectivity index (χ3n) is 7.74. The molecule has 1 aliphatic heterocycles. The van der Waals surface area contributed by atoms with E-state index in [2.05, 4.69) is 22.0 Å². The van der Waals surface area contributed by atoms with Crippen LogP contribution in [0.2, 0.25) is 0 Å². The van der Waals surface area contributed by atoms with Crippen LogP contribution in [0.3, 0.4) is 0 Å². The number of aryl methyl sites for hydroxylation is 1. The lowest BCUT2D eigenvalue weighted by Crippen LogP contribution is -2.55. The number of nitrogens with zero attached hydrogens (tertiary/aromatic N) is 1. The van der Waals surface area contributed by atoms with E-state index in [9.17, 15) is 19.2 Å². The van der Waals surface area contributed by atoms with Gasteiger partial charge in [-0.05, 0) is 47.8 Å². The van der Waals surface area contributed by atoms with E-state index in [1.165, 1.54) is 10.5 Å². The number of nitrogens with one attached hydrogen (secondary N) is 3. The topological polar surface area (TPSA) is 143 Å². The van der Waals surface area contributed by atoms with E-state index < -0.39 is 35.5 Å². The van der Waals surface area contributed by atoms with Crippen molar-refractivity contribution < 1.29 is 23.9 Å². The van der Waals surface area contributed by atoms with Crippen molar-refractivity contribution in [3.05, 3.63) is 71.3 Å². The van der Waals surface area contributed by atoms with Gasteiger partial charge in [0, 0.05) is 12.6 Å². The first-order chi connectivity index (χ1) is 19.5. The van der Waals surface area contributed by atoms with Gasteiger partial charge in [-0.3, -0.25) is 14.4 Å². The summed E-state index contributed by atoms with van der Waals surface area (Å²) in [6.07, 6.45) is 2.28. The molecule has 2 aromatic carbocycles. The molecule has 2 aromatic rings. The summed E-state index contributed by atoms with van der Waals surface area (Å²) in [6.45, 7) is 5.57. The Hall–Kier alpha value is -3.92. The number of benzene rings is 2. The Bertz CT molecular complexity index is 1240. The third-order valence-corrected chi connectivity index (χ3v) is 7.74. The van der Waals surface area contributed by atoms with Gasteiger partial charge in [-0.25, -0.2) is 4.79 Å². The van der Waals surface area contributed by atoms with Gasteiger partial charge < -0.3 is 31.3 Å². The van der Waals surface area contributed by atoms with Crippen LogP contribution in [0.1, 0.15) is 62.8 Å². The lowest BCUT2D eigenvalue weighted by Gasteiger charge is -2.33. The molecule has 1 fully saturated rings. The molecule has 0 saturated carbocycles. The molecule has 0 bridgehead atoms.